The van der Waals surface area contributed by atoms with Crippen LogP contribution in [0.15, 0.2) is 6.07 Å². The lowest BCUT2D eigenvalue weighted by Gasteiger charge is -2.38. The molecule has 0 spiro atoms. The normalized spacial score (nSPS) is 24.9. The number of halogens is 2. The van der Waals surface area contributed by atoms with Crippen molar-refractivity contribution in [2.45, 2.75) is 44.6 Å². The van der Waals surface area contributed by atoms with Gasteiger partial charge in [-0.25, -0.2) is 4.79 Å². The number of carboxylic acids is 1. The third-order valence-electron chi connectivity index (χ3n) is 5.34. The standard InChI is InChI=1S/C17H18Cl2O5/c1-16(17(23)4-2-3-5-17)7-9-6-10(24-8-11(20)21)13(18)14(19)12(9)15(16)22/h6,23H,2-5,7-8H2,1H3,(H,20,21). The van der Waals surface area contributed by atoms with Crippen LogP contribution in [0.2, 0.25) is 10.0 Å². The smallest absolute Gasteiger partial charge is 0.341 e. The highest BCUT2D eigenvalue weighted by molar-refractivity contribution is 6.45. The van der Waals surface area contributed by atoms with Crippen molar-refractivity contribution >= 4 is 35.0 Å². The molecular weight excluding hydrogens is 355 g/mol. The Balaban J connectivity index is 2.02. The third-order valence-corrected chi connectivity index (χ3v) is 6.19. The van der Waals surface area contributed by atoms with E-state index in [1.54, 1.807) is 13.0 Å². The van der Waals surface area contributed by atoms with Crippen molar-refractivity contribution in [1.82, 2.24) is 0 Å². The predicted octanol–water partition coefficient (Wildman–Crippen LogP) is 3.51. The summed E-state index contributed by atoms with van der Waals surface area (Å²) in [5.41, 5.74) is -1.06. The molecule has 0 aliphatic heterocycles. The summed E-state index contributed by atoms with van der Waals surface area (Å²) in [5.74, 6) is -1.21. The number of carboxylic acid groups (broad SMARTS) is 1. The van der Waals surface area contributed by atoms with Gasteiger partial charge in [0.1, 0.15) is 10.8 Å². The van der Waals surface area contributed by atoms with Gasteiger partial charge < -0.3 is 14.9 Å². The number of hydrogen-bond acceptors (Lipinski definition) is 4. The highest BCUT2D eigenvalue weighted by atomic mass is 35.5. The molecule has 1 atom stereocenters. The van der Waals surface area contributed by atoms with E-state index >= 15 is 0 Å². The van der Waals surface area contributed by atoms with Crippen LogP contribution in [-0.4, -0.2) is 34.2 Å². The molecule has 24 heavy (non-hydrogen) atoms. The van der Waals surface area contributed by atoms with E-state index in [0.717, 1.165) is 12.8 Å². The number of carbonyl (C=O) groups excluding carboxylic acids is 1. The van der Waals surface area contributed by atoms with Crippen molar-refractivity contribution in [3.63, 3.8) is 0 Å². The van der Waals surface area contributed by atoms with Crippen molar-refractivity contribution in [3.8, 4) is 5.75 Å². The Labute approximate surface area is 149 Å². The Kier molecular flexibility index (Phi) is 4.31. The number of benzene rings is 1. The van der Waals surface area contributed by atoms with E-state index in [1.807, 2.05) is 0 Å². The van der Waals surface area contributed by atoms with Gasteiger partial charge in [0.05, 0.1) is 16.0 Å². The van der Waals surface area contributed by atoms with E-state index in [9.17, 15) is 14.7 Å². The zero-order valence-electron chi connectivity index (χ0n) is 13.2. The van der Waals surface area contributed by atoms with Gasteiger partial charge in [-0.2, -0.15) is 0 Å². The highest BCUT2D eigenvalue weighted by Crippen LogP contribution is 2.54. The van der Waals surface area contributed by atoms with Gasteiger partial charge in [-0.05, 0) is 37.8 Å². The Morgan fingerprint density at radius 1 is 1.29 bits per heavy atom. The number of aliphatic hydroxyl groups is 1. The molecule has 1 unspecified atom stereocenters. The minimum Gasteiger partial charge on any atom is -0.480 e. The lowest BCUT2D eigenvalue weighted by Crippen LogP contribution is -2.48. The van der Waals surface area contributed by atoms with Crippen LogP contribution in [0.3, 0.4) is 0 Å². The molecule has 2 N–H and O–H groups in total. The van der Waals surface area contributed by atoms with E-state index < -0.39 is 23.6 Å². The molecular formula is C17H18Cl2O5. The Morgan fingerprint density at radius 3 is 2.50 bits per heavy atom. The first-order valence-corrected chi connectivity index (χ1v) is 8.58. The lowest BCUT2D eigenvalue weighted by atomic mass is 9.69. The van der Waals surface area contributed by atoms with E-state index in [0.29, 0.717) is 30.4 Å². The Hall–Kier alpha value is -1.30. The fourth-order valence-electron chi connectivity index (χ4n) is 3.91. The van der Waals surface area contributed by atoms with Crippen molar-refractivity contribution in [3.05, 3.63) is 27.2 Å². The van der Waals surface area contributed by atoms with Gasteiger partial charge in [0.2, 0.25) is 0 Å². The van der Waals surface area contributed by atoms with Crippen LogP contribution < -0.4 is 4.74 Å². The number of aliphatic carboxylic acids is 1. The summed E-state index contributed by atoms with van der Waals surface area (Å²) < 4.78 is 5.17. The second-order valence-electron chi connectivity index (χ2n) is 6.80. The van der Waals surface area contributed by atoms with E-state index in [2.05, 4.69) is 0 Å². The third kappa shape index (κ3) is 2.50. The quantitative estimate of drug-likeness (QED) is 0.844. The van der Waals surface area contributed by atoms with Crippen LogP contribution in [0.1, 0.15) is 48.5 Å². The zero-order chi connectivity index (χ0) is 17.7. The van der Waals surface area contributed by atoms with Crippen molar-refractivity contribution < 1.29 is 24.5 Å². The molecule has 0 aromatic heterocycles. The first-order chi connectivity index (χ1) is 11.2. The summed E-state index contributed by atoms with van der Waals surface area (Å²) in [6, 6.07) is 1.56. The maximum absolute atomic E-state index is 13.0. The monoisotopic (exact) mass is 372 g/mol. The molecule has 0 saturated heterocycles. The molecule has 1 aromatic rings. The average molecular weight is 373 g/mol. The summed E-state index contributed by atoms with van der Waals surface area (Å²) in [7, 11) is 0. The van der Waals surface area contributed by atoms with Gasteiger partial charge in [-0.3, -0.25) is 4.79 Å². The number of ether oxygens (including phenoxy) is 1. The number of hydrogen-bond donors (Lipinski definition) is 2. The van der Waals surface area contributed by atoms with Gasteiger partial charge in [-0.15, -0.1) is 0 Å². The largest absolute Gasteiger partial charge is 0.480 e. The summed E-state index contributed by atoms with van der Waals surface area (Å²) >= 11 is 12.4. The van der Waals surface area contributed by atoms with Gasteiger partial charge in [0.25, 0.3) is 0 Å². The van der Waals surface area contributed by atoms with Crippen LogP contribution in [0, 0.1) is 5.41 Å². The van der Waals surface area contributed by atoms with Gasteiger partial charge in [0, 0.05) is 5.56 Å². The topological polar surface area (TPSA) is 83.8 Å². The highest BCUT2D eigenvalue weighted by Gasteiger charge is 2.57. The first kappa shape index (κ1) is 17.5. The van der Waals surface area contributed by atoms with E-state index in [4.69, 9.17) is 33.0 Å². The number of ketones is 1. The van der Waals surface area contributed by atoms with Gasteiger partial charge in [0.15, 0.2) is 12.4 Å². The Morgan fingerprint density at radius 2 is 1.92 bits per heavy atom. The minimum absolute atomic E-state index is 0.0210. The molecule has 0 radical (unpaired) electrons. The second kappa shape index (κ2) is 5.90. The van der Waals surface area contributed by atoms with Crippen LogP contribution >= 0.6 is 23.2 Å². The molecule has 1 fully saturated rings. The van der Waals surface area contributed by atoms with Crippen LogP contribution in [0.25, 0.3) is 0 Å². The molecule has 0 bridgehead atoms. The van der Waals surface area contributed by atoms with Crippen molar-refractivity contribution in [1.29, 1.82) is 0 Å². The number of Topliss-reactive ketones (excluding diaryl/α,β-unsaturated/α-hetero) is 1. The molecule has 1 saturated carbocycles. The first-order valence-electron chi connectivity index (χ1n) is 7.82. The minimum atomic E-state index is -1.14. The molecule has 2 aliphatic carbocycles. The molecule has 5 nitrogen and oxygen atoms in total. The molecule has 1 aromatic carbocycles. The van der Waals surface area contributed by atoms with Crippen molar-refractivity contribution in [2.75, 3.05) is 6.61 Å². The fraction of sp³-hybridized carbons (Fsp3) is 0.529. The predicted molar refractivity (Wildman–Crippen MR) is 89.2 cm³/mol. The zero-order valence-corrected chi connectivity index (χ0v) is 14.7. The fourth-order valence-corrected chi connectivity index (χ4v) is 4.41. The maximum Gasteiger partial charge on any atom is 0.341 e. The number of carbonyl (C=O) groups is 2. The number of rotatable bonds is 4. The summed E-state index contributed by atoms with van der Waals surface area (Å²) in [6.07, 6.45) is 3.26. The van der Waals surface area contributed by atoms with Crippen LogP contribution in [0.4, 0.5) is 0 Å². The summed E-state index contributed by atoms with van der Waals surface area (Å²) in [6.45, 7) is 1.21. The molecule has 130 valence electrons. The van der Waals surface area contributed by atoms with Crippen LogP contribution in [0.5, 0.6) is 5.75 Å². The average Bonchev–Trinajstić information content (AvgIpc) is 3.06. The molecule has 3 rings (SSSR count). The summed E-state index contributed by atoms with van der Waals surface area (Å²) in [5, 5.41) is 19.8. The van der Waals surface area contributed by atoms with Crippen molar-refractivity contribution in [2.24, 2.45) is 5.41 Å². The second-order valence-corrected chi connectivity index (χ2v) is 7.55. The maximum atomic E-state index is 13.0. The lowest BCUT2D eigenvalue weighted by molar-refractivity contribution is -0.139. The molecule has 2 aliphatic rings. The van der Waals surface area contributed by atoms with Gasteiger partial charge in [-0.1, -0.05) is 36.0 Å². The van der Waals surface area contributed by atoms with E-state index in [1.165, 1.54) is 0 Å². The molecule has 0 amide bonds. The molecule has 0 heterocycles. The number of fused-ring (bicyclic) bond motifs is 1. The Bertz CT molecular complexity index is 724. The summed E-state index contributed by atoms with van der Waals surface area (Å²) in [4.78, 5) is 23.7. The SMILES string of the molecule is CC1(C2(O)CCCC2)Cc2cc(OCC(=O)O)c(Cl)c(Cl)c2C1=O. The van der Waals surface area contributed by atoms with Gasteiger partial charge >= 0.3 is 5.97 Å². The van der Waals surface area contributed by atoms with Crippen LogP contribution in [-0.2, 0) is 11.2 Å². The molecule has 7 heteroatoms. The van der Waals surface area contributed by atoms with E-state index in [-0.39, 0.29) is 21.6 Å².